The minimum atomic E-state index is -0.174. The predicted molar refractivity (Wildman–Crippen MR) is 124 cm³/mol. The largest absolute Gasteiger partial charge is 0.350 e. The Morgan fingerprint density at radius 2 is 2.00 bits per heavy atom. The van der Waals surface area contributed by atoms with Crippen molar-refractivity contribution in [1.82, 2.24) is 30.0 Å². The summed E-state index contributed by atoms with van der Waals surface area (Å²) in [5, 5.41) is 7.38. The lowest BCUT2D eigenvalue weighted by Gasteiger charge is -2.20. The van der Waals surface area contributed by atoms with Gasteiger partial charge in [0.05, 0.1) is 17.0 Å². The van der Waals surface area contributed by atoms with E-state index >= 15 is 0 Å². The van der Waals surface area contributed by atoms with Crippen LogP contribution < -0.4 is 10.2 Å². The molecule has 0 aliphatic carbocycles. The van der Waals surface area contributed by atoms with E-state index in [1.165, 1.54) is 0 Å². The van der Waals surface area contributed by atoms with Crippen molar-refractivity contribution < 1.29 is 9.59 Å². The van der Waals surface area contributed by atoms with Crippen molar-refractivity contribution in [3.63, 3.8) is 0 Å². The van der Waals surface area contributed by atoms with E-state index in [0.717, 1.165) is 29.1 Å². The molecule has 2 aromatic rings. The van der Waals surface area contributed by atoms with Gasteiger partial charge in [-0.3, -0.25) is 14.3 Å². The third kappa shape index (κ3) is 5.08. The zero-order valence-corrected chi connectivity index (χ0v) is 20.3. The summed E-state index contributed by atoms with van der Waals surface area (Å²) < 4.78 is 1.86. The second-order valence-electron chi connectivity index (χ2n) is 9.09. The quantitative estimate of drug-likeness (QED) is 0.706. The first-order valence-corrected chi connectivity index (χ1v) is 11.2. The first kappa shape index (κ1) is 23.7. The topological polar surface area (TPSA) is 96.2 Å². The summed E-state index contributed by atoms with van der Waals surface area (Å²) in [4.78, 5) is 38.5. The number of amides is 2. The summed E-state index contributed by atoms with van der Waals surface area (Å²) in [6.07, 6.45) is 3.52. The average Bonchev–Trinajstić information content (AvgIpc) is 3.31. The molecule has 0 radical (unpaired) electrons. The Morgan fingerprint density at radius 1 is 1.28 bits per heavy atom. The molecule has 9 nitrogen and oxygen atoms in total. The zero-order valence-electron chi connectivity index (χ0n) is 20.3. The van der Waals surface area contributed by atoms with Crippen LogP contribution in [0.1, 0.15) is 65.6 Å². The number of hydrogen-bond acceptors (Lipinski definition) is 6. The van der Waals surface area contributed by atoms with Crippen molar-refractivity contribution in [3.05, 3.63) is 34.4 Å². The van der Waals surface area contributed by atoms with Crippen molar-refractivity contribution in [2.45, 2.75) is 58.9 Å². The summed E-state index contributed by atoms with van der Waals surface area (Å²) >= 11 is 0. The molecule has 1 aliphatic rings. The molecule has 1 unspecified atom stereocenters. The molecule has 2 aromatic heterocycles. The number of nitrogens with zero attached hydrogens (tertiary/aromatic N) is 6. The Bertz CT molecular complexity index is 996. The van der Waals surface area contributed by atoms with Gasteiger partial charge >= 0.3 is 0 Å². The molecular formula is C23H35N7O2. The molecule has 3 rings (SSSR count). The Morgan fingerprint density at radius 3 is 2.59 bits per heavy atom. The summed E-state index contributed by atoms with van der Waals surface area (Å²) in [5.41, 5.74) is 4.44. The Hall–Kier alpha value is -2.97. The number of carbonyl (C=O) groups excluding carboxylic acids is 2. The Balaban J connectivity index is 1.73. The van der Waals surface area contributed by atoms with Crippen LogP contribution in [0.2, 0.25) is 0 Å². The maximum absolute atomic E-state index is 12.9. The van der Waals surface area contributed by atoms with Gasteiger partial charge in [0.25, 0.3) is 5.91 Å². The molecule has 0 spiro atoms. The smallest absolute Gasteiger partial charge is 0.254 e. The van der Waals surface area contributed by atoms with E-state index in [2.05, 4.69) is 15.4 Å². The highest BCUT2D eigenvalue weighted by Gasteiger charge is 2.32. The summed E-state index contributed by atoms with van der Waals surface area (Å²) in [5.74, 6) is 0.529. The molecule has 9 heteroatoms. The minimum absolute atomic E-state index is 0.00965. The van der Waals surface area contributed by atoms with Crippen molar-refractivity contribution in [2.24, 2.45) is 7.05 Å². The van der Waals surface area contributed by atoms with Crippen LogP contribution in [-0.2, 0) is 18.3 Å². The molecule has 1 aliphatic heterocycles. The van der Waals surface area contributed by atoms with Crippen molar-refractivity contribution in [3.8, 4) is 0 Å². The first-order chi connectivity index (χ1) is 15.1. The second-order valence-corrected chi connectivity index (χ2v) is 9.09. The second kappa shape index (κ2) is 9.67. The Labute approximate surface area is 190 Å². The van der Waals surface area contributed by atoms with E-state index in [-0.39, 0.29) is 23.8 Å². The van der Waals surface area contributed by atoms with Gasteiger partial charge in [-0.05, 0) is 46.1 Å². The van der Waals surface area contributed by atoms with Crippen LogP contribution >= 0.6 is 0 Å². The molecule has 32 heavy (non-hydrogen) atoms. The summed E-state index contributed by atoms with van der Waals surface area (Å²) in [6.45, 7) is 9.10. The highest BCUT2D eigenvalue weighted by atomic mass is 16.2. The van der Waals surface area contributed by atoms with Gasteiger partial charge in [0.15, 0.2) is 0 Å². The molecule has 3 heterocycles. The van der Waals surface area contributed by atoms with E-state index in [9.17, 15) is 9.59 Å². The molecule has 0 aromatic carbocycles. The van der Waals surface area contributed by atoms with Crippen LogP contribution in [0.5, 0.6) is 0 Å². The van der Waals surface area contributed by atoms with E-state index in [0.29, 0.717) is 37.4 Å². The maximum atomic E-state index is 12.9. The number of nitrogens with one attached hydrogen (secondary N) is 1. The fourth-order valence-electron chi connectivity index (χ4n) is 4.21. The molecule has 1 saturated heterocycles. The number of rotatable bonds is 7. The molecule has 0 bridgehead atoms. The number of aryl methyl sites for hydroxylation is 2. The van der Waals surface area contributed by atoms with Gasteiger partial charge < -0.3 is 15.1 Å². The van der Waals surface area contributed by atoms with Gasteiger partial charge in [0.1, 0.15) is 0 Å². The van der Waals surface area contributed by atoms with Gasteiger partial charge in [-0.25, -0.2) is 9.97 Å². The van der Waals surface area contributed by atoms with Crippen LogP contribution in [-0.4, -0.2) is 69.7 Å². The fourth-order valence-corrected chi connectivity index (χ4v) is 4.21. The van der Waals surface area contributed by atoms with Crippen molar-refractivity contribution in [1.29, 1.82) is 0 Å². The lowest BCUT2D eigenvalue weighted by atomic mass is 9.99. The van der Waals surface area contributed by atoms with Crippen molar-refractivity contribution >= 4 is 17.8 Å². The lowest BCUT2D eigenvalue weighted by molar-refractivity contribution is -0.130. The maximum Gasteiger partial charge on any atom is 0.254 e. The molecule has 2 amide bonds. The molecule has 1 N–H and O–H groups in total. The molecular weight excluding hydrogens is 406 g/mol. The Kier molecular flexibility index (Phi) is 7.16. The monoisotopic (exact) mass is 441 g/mol. The van der Waals surface area contributed by atoms with Crippen molar-refractivity contribution in [2.75, 3.05) is 32.1 Å². The first-order valence-electron chi connectivity index (χ1n) is 11.2. The number of aromatic nitrogens is 4. The molecule has 1 fully saturated rings. The van der Waals surface area contributed by atoms with Gasteiger partial charge in [0, 0.05) is 64.5 Å². The van der Waals surface area contributed by atoms with E-state index < -0.39 is 0 Å². The number of hydrogen-bond donors (Lipinski definition) is 1. The van der Waals surface area contributed by atoms with Gasteiger partial charge in [0.2, 0.25) is 11.9 Å². The highest BCUT2D eigenvalue weighted by molar-refractivity contribution is 5.95. The van der Waals surface area contributed by atoms with E-state index in [1.807, 2.05) is 63.3 Å². The van der Waals surface area contributed by atoms with Gasteiger partial charge in [-0.2, -0.15) is 5.10 Å². The highest BCUT2D eigenvalue weighted by Crippen LogP contribution is 2.30. The minimum Gasteiger partial charge on any atom is -0.350 e. The molecule has 174 valence electrons. The number of carbonyl (C=O) groups is 2. The third-order valence-electron chi connectivity index (χ3n) is 6.05. The van der Waals surface area contributed by atoms with E-state index in [1.54, 1.807) is 6.20 Å². The van der Waals surface area contributed by atoms with Crippen LogP contribution in [0.4, 0.5) is 5.95 Å². The van der Waals surface area contributed by atoms with Crippen LogP contribution in [0.15, 0.2) is 6.20 Å². The third-order valence-corrected chi connectivity index (χ3v) is 6.05. The molecule has 1 atom stereocenters. The standard InChI is InChI=1S/C23H35N7O2/c1-14(2)25-22(32)19-12-24-23(28(5)6)26-21(19)17-10-11-30(13-17)20(31)9-8-18-15(3)27-29(7)16(18)4/h12,14,17H,8-11,13H2,1-7H3,(H,25,32). The van der Waals surface area contributed by atoms with Crippen LogP contribution in [0.3, 0.4) is 0 Å². The summed E-state index contributed by atoms with van der Waals surface area (Å²) in [7, 11) is 5.68. The normalized spacial score (nSPS) is 16.0. The zero-order chi connectivity index (χ0) is 23.6. The number of anilines is 1. The number of likely N-dealkylation sites (tertiary alicyclic amines) is 1. The van der Waals surface area contributed by atoms with Crippen LogP contribution in [0.25, 0.3) is 0 Å². The predicted octanol–water partition coefficient (Wildman–Crippen LogP) is 1.98. The molecule has 0 saturated carbocycles. The van der Waals surface area contributed by atoms with Gasteiger partial charge in [-0.15, -0.1) is 0 Å². The van der Waals surface area contributed by atoms with Gasteiger partial charge in [-0.1, -0.05) is 0 Å². The summed E-state index contributed by atoms with van der Waals surface area (Å²) in [6, 6.07) is 0.0184. The SMILES string of the molecule is Cc1nn(C)c(C)c1CCC(=O)N1CCC(c2nc(N(C)C)ncc2C(=O)NC(C)C)C1. The fraction of sp³-hybridized carbons (Fsp3) is 0.609. The lowest BCUT2D eigenvalue weighted by Crippen LogP contribution is -2.32. The van der Waals surface area contributed by atoms with E-state index in [4.69, 9.17) is 4.98 Å². The average molecular weight is 442 g/mol. The van der Waals surface area contributed by atoms with Crippen LogP contribution in [0, 0.1) is 13.8 Å².